The first kappa shape index (κ1) is 15.8. The van der Waals surface area contributed by atoms with E-state index >= 15 is 0 Å². The average molecular weight is 376 g/mol. The van der Waals surface area contributed by atoms with Crippen molar-refractivity contribution in [2.45, 2.75) is 17.4 Å². The first-order chi connectivity index (χ1) is 9.56. The summed E-state index contributed by atoms with van der Waals surface area (Å²) in [6, 6.07) is 12.5. The highest BCUT2D eigenvalue weighted by Crippen LogP contribution is 2.28. The SMILES string of the molecule is OC(CSc1ccccc1Br)Cc1ccc(Cl)c(F)c1. The minimum absolute atomic E-state index is 0.103. The highest BCUT2D eigenvalue weighted by atomic mass is 79.9. The summed E-state index contributed by atoms with van der Waals surface area (Å²) < 4.78 is 14.3. The Kier molecular flexibility index (Phi) is 5.90. The van der Waals surface area contributed by atoms with Gasteiger partial charge in [0.15, 0.2) is 0 Å². The first-order valence-corrected chi connectivity index (χ1v) is 8.21. The Balaban J connectivity index is 1.91. The van der Waals surface area contributed by atoms with Crippen LogP contribution in [0.3, 0.4) is 0 Å². The maximum atomic E-state index is 13.3. The highest BCUT2D eigenvalue weighted by Gasteiger charge is 2.09. The van der Waals surface area contributed by atoms with Crippen LogP contribution in [0.25, 0.3) is 0 Å². The van der Waals surface area contributed by atoms with Crippen LogP contribution in [-0.2, 0) is 6.42 Å². The zero-order chi connectivity index (χ0) is 14.5. The fourth-order valence-corrected chi connectivity index (χ4v) is 3.36. The van der Waals surface area contributed by atoms with Gasteiger partial charge >= 0.3 is 0 Å². The van der Waals surface area contributed by atoms with Gasteiger partial charge in [0.2, 0.25) is 0 Å². The van der Waals surface area contributed by atoms with Crippen molar-refractivity contribution in [1.82, 2.24) is 0 Å². The zero-order valence-electron chi connectivity index (χ0n) is 10.5. The predicted octanol–water partition coefficient (Wildman–Crippen LogP) is 4.94. The molecule has 0 saturated heterocycles. The summed E-state index contributed by atoms with van der Waals surface area (Å²) >= 11 is 10.7. The van der Waals surface area contributed by atoms with E-state index in [1.54, 1.807) is 17.8 Å². The molecule has 2 rings (SSSR count). The molecule has 0 aromatic heterocycles. The van der Waals surface area contributed by atoms with Crippen LogP contribution in [0.2, 0.25) is 5.02 Å². The maximum Gasteiger partial charge on any atom is 0.142 e. The van der Waals surface area contributed by atoms with Gasteiger partial charge in [-0.05, 0) is 52.2 Å². The van der Waals surface area contributed by atoms with Crippen molar-refractivity contribution in [1.29, 1.82) is 0 Å². The summed E-state index contributed by atoms with van der Waals surface area (Å²) in [7, 11) is 0. The molecule has 0 amide bonds. The molecular weight excluding hydrogens is 363 g/mol. The molecule has 0 aliphatic carbocycles. The lowest BCUT2D eigenvalue weighted by atomic mass is 10.1. The van der Waals surface area contributed by atoms with Crippen LogP contribution in [-0.4, -0.2) is 17.0 Å². The van der Waals surface area contributed by atoms with Gasteiger partial charge in [-0.25, -0.2) is 4.39 Å². The van der Waals surface area contributed by atoms with E-state index in [1.807, 2.05) is 24.3 Å². The van der Waals surface area contributed by atoms with Gasteiger partial charge in [-0.15, -0.1) is 11.8 Å². The second-order valence-corrected chi connectivity index (χ2v) is 6.67. The number of hydrogen-bond acceptors (Lipinski definition) is 2. The molecule has 1 N–H and O–H groups in total. The molecule has 0 aliphatic rings. The molecule has 2 aromatic carbocycles. The third-order valence-corrected chi connectivity index (χ3v) is 5.20. The van der Waals surface area contributed by atoms with Crippen molar-refractivity contribution in [2.24, 2.45) is 0 Å². The van der Waals surface area contributed by atoms with E-state index in [-0.39, 0.29) is 5.02 Å². The Morgan fingerprint density at radius 2 is 2.00 bits per heavy atom. The largest absolute Gasteiger partial charge is 0.392 e. The summed E-state index contributed by atoms with van der Waals surface area (Å²) in [6.07, 6.45) is -0.126. The quantitative estimate of drug-likeness (QED) is 0.747. The lowest BCUT2D eigenvalue weighted by Crippen LogP contribution is -2.13. The van der Waals surface area contributed by atoms with Gasteiger partial charge in [-0.2, -0.15) is 0 Å². The lowest BCUT2D eigenvalue weighted by Gasteiger charge is -2.11. The summed E-state index contributed by atoms with van der Waals surface area (Å²) in [5.41, 5.74) is 0.743. The second kappa shape index (κ2) is 7.46. The summed E-state index contributed by atoms with van der Waals surface area (Å²) in [5, 5.41) is 10.1. The number of benzene rings is 2. The second-order valence-electron chi connectivity index (χ2n) is 4.35. The van der Waals surface area contributed by atoms with Crippen LogP contribution in [0.15, 0.2) is 51.8 Å². The van der Waals surface area contributed by atoms with Crippen molar-refractivity contribution < 1.29 is 9.50 Å². The van der Waals surface area contributed by atoms with E-state index in [0.29, 0.717) is 12.2 Å². The van der Waals surface area contributed by atoms with E-state index in [9.17, 15) is 9.50 Å². The van der Waals surface area contributed by atoms with Gasteiger partial charge in [-0.3, -0.25) is 0 Å². The van der Waals surface area contributed by atoms with Gasteiger partial charge in [0.05, 0.1) is 11.1 Å². The van der Waals surface area contributed by atoms with Gasteiger partial charge in [0.25, 0.3) is 0 Å². The van der Waals surface area contributed by atoms with Crippen LogP contribution in [0, 0.1) is 5.82 Å². The number of halogens is 3. The number of rotatable bonds is 5. The molecule has 0 fully saturated rings. The summed E-state index contributed by atoms with van der Waals surface area (Å²) in [4.78, 5) is 1.08. The molecule has 0 aliphatic heterocycles. The molecule has 106 valence electrons. The van der Waals surface area contributed by atoms with Crippen LogP contribution >= 0.6 is 39.3 Å². The van der Waals surface area contributed by atoms with Crippen molar-refractivity contribution >= 4 is 39.3 Å². The highest BCUT2D eigenvalue weighted by molar-refractivity contribution is 9.10. The van der Waals surface area contributed by atoms with Gasteiger partial charge in [-0.1, -0.05) is 29.8 Å². The van der Waals surface area contributed by atoms with E-state index in [1.165, 1.54) is 12.1 Å². The molecule has 1 unspecified atom stereocenters. The molecule has 0 radical (unpaired) electrons. The minimum atomic E-state index is -0.535. The molecule has 0 spiro atoms. The van der Waals surface area contributed by atoms with E-state index in [4.69, 9.17) is 11.6 Å². The molecule has 0 heterocycles. The van der Waals surface area contributed by atoms with Crippen molar-refractivity contribution in [3.05, 3.63) is 63.3 Å². The molecule has 5 heteroatoms. The average Bonchev–Trinajstić information content (AvgIpc) is 2.42. The van der Waals surface area contributed by atoms with E-state index < -0.39 is 11.9 Å². The van der Waals surface area contributed by atoms with Crippen LogP contribution < -0.4 is 0 Å². The van der Waals surface area contributed by atoms with Gasteiger partial charge in [0.1, 0.15) is 5.82 Å². The predicted molar refractivity (Wildman–Crippen MR) is 86.0 cm³/mol. The fourth-order valence-electron chi connectivity index (χ4n) is 1.75. The smallest absolute Gasteiger partial charge is 0.142 e. The minimum Gasteiger partial charge on any atom is -0.392 e. The molecule has 0 saturated carbocycles. The van der Waals surface area contributed by atoms with Crippen molar-refractivity contribution in [3.8, 4) is 0 Å². The van der Waals surface area contributed by atoms with E-state index in [0.717, 1.165) is 14.9 Å². The Bertz CT molecular complexity index is 594. The molecule has 20 heavy (non-hydrogen) atoms. The van der Waals surface area contributed by atoms with Gasteiger partial charge < -0.3 is 5.11 Å². The Labute approximate surface area is 135 Å². The van der Waals surface area contributed by atoms with Crippen LogP contribution in [0.5, 0.6) is 0 Å². The third kappa shape index (κ3) is 4.48. The topological polar surface area (TPSA) is 20.2 Å². The fraction of sp³-hybridized carbons (Fsp3) is 0.200. The molecule has 0 bridgehead atoms. The number of thioether (sulfide) groups is 1. The van der Waals surface area contributed by atoms with Crippen molar-refractivity contribution in [3.63, 3.8) is 0 Å². The maximum absolute atomic E-state index is 13.3. The Morgan fingerprint density at radius 1 is 1.25 bits per heavy atom. The molecule has 1 atom stereocenters. The normalized spacial score (nSPS) is 12.4. The Morgan fingerprint density at radius 3 is 2.70 bits per heavy atom. The summed E-state index contributed by atoms with van der Waals surface area (Å²) in [5.74, 6) is 0.0992. The Hall–Kier alpha value is -0.550. The summed E-state index contributed by atoms with van der Waals surface area (Å²) in [6.45, 7) is 0. The number of hydrogen-bond donors (Lipinski definition) is 1. The number of aliphatic hydroxyl groups excluding tert-OH is 1. The van der Waals surface area contributed by atoms with Crippen LogP contribution in [0.4, 0.5) is 4.39 Å². The standard InChI is InChI=1S/C15H13BrClFOS/c16-12-3-1-2-4-15(12)20-9-11(19)7-10-5-6-13(17)14(18)8-10/h1-6,8,11,19H,7,9H2. The lowest BCUT2D eigenvalue weighted by molar-refractivity contribution is 0.200. The molecule has 2 aromatic rings. The van der Waals surface area contributed by atoms with E-state index in [2.05, 4.69) is 15.9 Å². The van der Waals surface area contributed by atoms with Gasteiger partial charge in [0, 0.05) is 15.1 Å². The number of aliphatic hydroxyl groups is 1. The monoisotopic (exact) mass is 374 g/mol. The molecule has 1 nitrogen and oxygen atoms in total. The zero-order valence-corrected chi connectivity index (χ0v) is 13.7. The van der Waals surface area contributed by atoms with Crippen LogP contribution in [0.1, 0.15) is 5.56 Å². The third-order valence-electron chi connectivity index (χ3n) is 2.72. The first-order valence-electron chi connectivity index (χ1n) is 6.05. The molecular formula is C15H13BrClFOS. The van der Waals surface area contributed by atoms with Crippen molar-refractivity contribution in [2.75, 3.05) is 5.75 Å².